The molecule has 8 nitrogen and oxygen atoms in total. The fourth-order valence-corrected chi connectivity index (χ4v) is 3.26. The first-order valence-corrected chi connectivity index (χ1v) is 9.19. The van der Waals surface area contributed by atoms with Crippen LogP contribution in [0.25, 0.3) is 0 Å². The summed E-state index contributed by atoms with van der Waals surface area (Å²) in [4.78, 5) is 45.3. The van der Waals surface area contributed by atoms with Crippen molar-refractivity contribution in [2.24, 2.45) is 10.9 Å². The molecule has 0 aromatic heterocycles. The Morgan fingerprint density at radius 2 is 1.89 bits per heavy atom. The van der Waals surface area contributed by atoms with Gasteiger partial charge in [0, 0.05) is 25.3 Å². The second-order valence-electron chi connectivity index (χ2n) is 6.42. The minimum Gasteiger partial charge on any atom is -0.379 e. The first-order valence-electron chi connectivity index (χ1n) is 9.19. The lowest BCUT2D eigenvalue weighted by atomic mass is 9.96. The molecule has 0 radical (unpaired) electrons. The molecule has 1 aromatic rings. The van der Waals surface area contributed by atoms with Gasteiger partial charge in [-0.15, -0.1) is 0 Å². The molecule has 144 valence electrons. The molecule has 1 atom stereocenters. The van der Waals surface area contributed by atoms with Crippen LogP contribution in [0.5, 0.6) is 0 Å². The molecule has 1 aromatic carbocycles. The van der Waals surface area contributed by atoms with Gasteiger partial charge in [0.1, 0.15) is 0 Å². The second-order valence-corrected chi connectivity index (χ2v) is 6.42. The Bertz CT molecular complexity index is 728. The summed E-state index contributed by atoms with van der Waals surface area (Å²) < 4.78 is 5.32. The maximum Gasteiger partial charge on any atom is 0.335 e. The molecule has 1 N–H and O–H groups in total. The largest absolute Gasteiger partial charge is 0.379 e. The minimum absolute atomic E-state index is 0.432. The number of nitrogens with one attached hydrogen (secondary N) is 1. The van der Waals surface area contributed by atoms with Gasteiger partial charge in [-0.2, -0.15) is 0 Å². The number of barbiturate groups is 1. The average Bonchev–Trinajstić information content (AvgIpc) is 2.68. The van der Waals surface area contributed by atoms with Gasteiger partial charge in [-0.05, 0) is 18.6 Å². The fourth-order valence-electron chi connectivity index (χ4n) is 3.26. The van der Waals surface area contributed by atoms with E-state index in [1.54, 1.807) is 30.3 Å². The number of nitrogens with zero attached hydrogens (tertiary/aromatic N) is 3. The third kappa shape index (κ3) is 4.40. The molecule has 0 spiro atoms. The molecule has 2 aliphatic rings. The number of hydrogen-bond donors (Lipinski definition) is 1. The van der Waals surface area contributed by atoms with Crippen LogP contribution in [0.3, 0.4) is 0 Å². The predicted octanol–water partition coefficient (Wildman–Crippen LogP) is 1.07. The van der Waals surface area contributed by atoms with Crippen LogP contribution in [0.4, 0.5) is 10.5 Å². The third-order valence-corrected chi connectivity index (χ3v) is 4.71. The number of para-hydroxylation sites is 1. The smallest absolute Gasteiger partial charge is 0.335 e. The van der Waals surface area contributed by atoms with Crippen LogP contribution >= 0.6 is 0 Å². The molecular weight excluding hydrogens is 348 g/mol. The number of imide groups is 2. The van der Waals surface area contributed by atoms with Crippen LogP contribution in [0.2, 0.25) is 0 Å². The summed E-state index contributed by atoms with van der Waals surface area (Å²) in [7, 11) is 0. The van der Waals surface area contributed by atoms with Gasteiger partial charge in [-0.3, -0.25) is 24.8 Å². The topological polar surface area (TPSA) is 91.3 Å². The number of rotatable bonds is 6. The van der Waals surface area contributed by atoms with Gasteiger partial charge in [0.2, 0.25) is 5.91 Å². The zero-order valence-electron chi connectivity index (χ0n) is 15.4. The molecule has 4 amide bonds. The van der Waals surface area contributed by atoms with Gasteiger partial charge in [0.05, 0.1) is 25.4 Å². The Kier molecular flexibility index (Phi) is 6.31. The highest BCUT2D eigenvalue weighted by Gasteiger charge is 2.43. The number of carbonyl (C=O) groups excluding carboxylic acids is 3. The number of anilines is 1. The number of amides is 4. The highest BCUT2D eigenvalue weighted by molar-refractivity contribution is 6.35. The van der Waals surface area contributed by atoms with E-state index >= 15 is 0 Å². The summed E-state index contributed by atoms with van der Waals surface area (Å²) in [6.45, 7) is 6.24. The van der Waals surface area contributed by atoms with Crippen molar-refractivity contribution >= 4 is 29.2 Å². The maximum absolute atomic E-state index is 12.9. The van der Waals surface area contributed by atoms with Crippen LogP contribution in [0.15, 0.2) is 35.3 Å². The summed E-state index contributed by atoms with van der Waals surface area (Å²) in [5.74, 6) is -2.23. The van der Waals surface area contributed by atoms with Crippen LogP contribution in [-0.4, -0.2) is 67.8 Å². The molecule has 3 rings (SSSR count). The molecule has 0 saturated carbocycles. The Morgan fingerprint density at radius 3 is 2.56 bits per heavy atom. The van der Waals surface area contributed by atoms with E-state index < -0.39 is 23.8 Å². The van der Waals surface area contributed by atoms with Crippen LogP contribution in [0, 0.1) is 5.92 Å². The lowest BCUT2D eigenvalue weighted by Gasteiger charge is -2.31. The van der Waals surface area contributed by atoms with Gasteiger partial charge in [0.25, 0.3) is 5.91 Å². The Labute approximate surface area is 158 Å². The molecule has 0 aliphatic carbocycles. The van der Waals surface area contributed by atoms with Crippen molar-refractivity contribution in [1.82, 2.24) is 10.2 Å². The van der Waals surface area contributed by atoms with Crippen LogP contribution < -0.4 is 10.2 Å². The monoisotopic (exact) mass is 372 g/mol. The lowest BCUT2D eigenvalue weighted by Crippen LogP contribution is -2.60. The van der Waals surface area contributed by atoms with E-state index in [0.717, 1.165) is 24.5 Å². The molecule has 8 heteroatoms. The number of morpholine rings is 1. The van der Waals surface area contributed by atoms with Crippen molar-refractivity contribution in [1.29, 1.82) is 0 Å². The van der Waals surface area contributed by atoms with Crippen molar-refractivity contribution in [3.63, 3.8) is 0 Å². The van der Waals surface area contributed by atoms with Crippen molar-refractivity contribution < 1.29 is 19.1 Å². The van der Waals surface area contributed by atoms with Gasteiger partial charge >= 0.3 is 6.03 Å². The van der Waals surface area contributed by atoms with Crippen LogP contribution in [0.1, 0.15) is 13.3 Å². The van der Waals surface area contributed by atoms with Crippen molar-refractivity contribution in [3.8, 4) is 0 Å². The fraction of sp³-hybridized carbons (Fsp3) is 0.474. The van der Waals surface area contributed by atoms with E-state index in [4.69, 9.17) is 4.74 Å². The highest BCUT2D eigenvalue weighted by atomic mass is 16.5. The van der Waals surface area contributed by atoms with Gasteiger partial charge in [-0.1, -0.05) is 25.1 Å². The minimum atomic E-state index is -1.07. The molecule has 27 heavy (non-hydrogen) atoms. The van der Waals surface area contributed by atoms with E-state index in [9.17, 15) is 14.4 Å². The zero-order valence-corrected chi connectivity index (χ0v) is 15.4. The summed E-state index contributed by atoms with van der Waals surface area (Å²) in [5.41, 5.74) is 0.931. The molecular formula is C19H24N4O4. The van der Waals surface area contributed by atoms with E-state index in [0.29, 0.717) is 37.6 Å². The third-order valence-electron chi connectivity index (χ3n) is 4.71. The first-order chi connectivity index (χ1) is 13.1. The highest BCUT2D eigenvalue weighted by Crippen LogP contribution is 2.22. The van der Waals surface area contributed by atoms with Crippen molar-refractivity contribution in [3.05, 3.63) is 30.3 Å². The number of urea groups is 1. The van der Waals surface area contributed by atoms with Gasteiger partial charge < -0.3 is 4.74 Å². The van der Waals surface area contributed by atoms with Crippen LogP contribution in [-0.2, 0) is 14.3 Å². The molecule has 2 aliphatic heterocycles. The molecule has 1 unspecified atom stereocenters. The van der Waals surface area contributed by atoms with Gasteiger partial charge in [0.15, 0.2) is 5.92 Å². The Morgan fingerprint density at radius 1 is 1.19 bits per heavy atom. The normalized spacial score (nSPS) is 22.1. The summed E-state index contributed by atoms with van der Waals surface area (Å²) in [6, 6.07) is 7.85. The molecule has 2 fully saturated rings. The van der Waals surface area contributed by atoms with E-state index in [1.807, 2.05) is 6.92 Å². The van der Waals surface area contributed by atoms with E-state index in [1.165, 1.54) is 0 Å². The second kappa shape index (κ2) is 8.88. The Balaban J connectivity index is 1.75. The van der Waals surface area contributed by atoms with Crippen molar-refractivity contribution in [2.75, 3.05) is 44.3 Å². The first kappa shape index (κ1) is 19.2. The zero-order chi connectivity index (χ0) is 19.2. The summed E-state index contributed by atoms with van der Waals surface area (Å²) in [5, 5.41) is 2.28. The standard InChI is InChI=1S/C19H24N4O4/c1-2-15(20-8-9-22-10-12-27-13-11-22)16-17(24)21-19(26)23(18(16)25)14-6-4-3-5-7-14/h3-7,16H,2,8-13H2,1H3,(H,21,24,26). The quantitative estimate of drug-likeness (QED) is 0.596. The predicted molar refractivity (Wildman–Crippen MR) is 101 cm³/mol. The molecule has 0 bridgehead atoms. The summed E-state index contributed by atoms with van der Waals surface area (Å²) in [6.07, 6.45) is 0.462. The maximum atomic E-state index is 12.9. The number of aliphatic imine (C=N–C) groups is 1. The van der Waals surface area contributed by atoms with E-state index in [2.05, 4.69) is 15.2 Å². The Hall–Kier alpha value is -2.58. The van der Waals surface area contributed by atoms with Gasteiger partial charge in [-0.25, -0.2) is 9.69 Å². The average molecular weight is 372 g/mol. The van der Waals surface area contributed by atoms with E-state index in [-0.39, 0.29) is 0 Å². The molecule has 2 heterocycles. The lowest BCUT2D eigenvalue weighted by molar-refractivity contribution is -0.131. The number of hydrogen-bond acceptors (Lipinski definition) is 6. The summed E-state index contributed by atoms with van der Waals surface area (Å²) >= 11 is 0. The SMILES string of the molecule is CCC(=NCCN1CCOCC1)C1C(=O)NC(=O)N(c2ccccc2)C1=O. The number of benzene rings is 1. The number of ether oxygens (including phenoxy) is 1. The number of carbonyl (C=O) groups is 3. The molecule has 2 saturated heterocycles. The van der Waals surface area contributed by atoms with Crippen molar-refractivity contribution in [2.45, 2.75) is 13.3 Å².